The maximum Gasteiger partial charge on any atom is 0.339 e. The number of carboxylic acid groups (broad SMARTS) is 3. The molecule has 1 aliphatic rings. The van der Waals surface area contributed by atoms with E-state index < -0.39 is 61.1 Å². The van der Waals surface area contributed by atoms with Crippen LogP contribution in [-0.2, 0) is 28.8 Å². The molecule has 0 atom stereocenters. The van der Waals surface area contributed by atoms with Crippen LogP contribution >= 0.6 is 0 Å². The number of amides is 1. The number of nitrogens with zero attached hydrogens (tertiary/aromatic N) is 3. The Labute approximate surface area is 198 Å². The summed E-state index contributed by atoms with van der Waals surface area (Å²) in [5.41, 5.74) is -1.25. The van der Waals surface area contributed by atoms with Gasteiger partial charge in [-0.15, -0.1) is 5.06 Å². The van der Waals surface area contributed by atoms with Crippen LogP contribution in [0.4, 0.5) is 0 Å². The molecule has 0 aliphatic carbocycles. The highest BCUT2D eigenvalue weighted by Gasteiger charge is 2.48. The summed E-state index contributed by atoms with van der Waals surface area (Å²) in [6, 6.07) is -0.101. The molecule has 1 rings (SSSR count). The Morgan fingerprint density at radius 1 is 0.824 bits per heavy atom. The van der Waals surface area contributed by atoms with Crippen molar-refractivity contribution in [3.05, 3.63) is 0 Å². The monoisotopic (exact) mass is 488 g/mol. The highest BCUT2D eigenvalue weighted by molar-refractivity contribution is 5.74. The zero-order valence-electron chi connectivity index (χ0n) is 20.4. The summed E-state index contributed by atoms with van der Waals surface area (Å²) < 4.78 is 0. The largest absolute Gasteiger partial charge is 0.480 e. The van der Waals surface area contributed by atoms with E-state index >= 15 is 0 Å². The molecule has 13 nitrogen and oxygen atoms in total. The highest BCUT2D eigenvalue weighted by Crippen LogP contribution is 2.38. The van der Waals surface area contributed by atoms with Crippen LogP contribution in [0.3, 0.4) is 0 Å². The highest BCUT2D eigenvalue weighted by atomic mass is 16.7. The first-order valence-corrected chi connectivity index (χ1v) is 10.9. The molecule has 0 aromatic rings. The van der Waals surface area contributed by atoms with Crippen molar-refractivity contribution in [3.63, 3.8) is 0 Å². The second kappa shape index (κ2) is 12.1. The fourth-order valence-electron chi connectivity index (χ4n) is 4.50. The molecule has 13 heteroatoms. The van der Waals surface area contributed by atoms with E-state index in [0.717, 1.165) is 4.90 Å². The Hall–Kier alpha value is -2.77. The van der Waals surface area contributed by atoms with E-state index in [4.69, 9.17) is 15.1 Å². The summed E-state index contributed by atoms with van der Waals surface area (Å²) in [5, 5.41) is 31.6. The first-order valence-electron chi connectivity index (χ1n) is 10.9. The molecule has 0 spiro atoms. The van der Waals surface area contributed by atoms with Gasteiger partial charge in [-0.1, -0.05) is 0 Å². The maximum absolute atomic E-state index is 12.8. The molecule has 1 amide bonds. The van der Waals surface area contributed by atoms with Crippen molar-refractivity contribution in [2.24, 2.45) is 0 Å². The van der Waals surface area contributed by atoms with E-state index in [9.17, 15) is 29.1 Å². The molecular formula is C21H36N4O9. The van der Waals surface area contributed by atoms with Gasteiger partial charge in [-0.2, -0.15) is 0 Å². The molecule has 0 saturated carbocycles. The molecule has 4 N–H and O–H groups in total. The Balaban J connectivity index is 2.86. The first kappa shape index (κ1) is 29.3. The zero-order valence-corrected chi connectivity index (χ0v) is 20.4. The van der Waals surface area contributed by atoms with Gasteiger partial charge in [0.1, 0.15) is 0 Å². The number of hydrogen-bond donors (Lipinski definition) is 4. The fraction of sp³-hybridized carbons (Fsp3) is 0.762. The van der Waals surface area contributed by atoms with Gasteiger partial charge >= 0.3 is 23.9 Å². The predicted molar refractivity (Wildman–Crippen MR) is 119 cm³/mol. The van der Waals surface area contributed by atoms with Crippen molar-refractivity contribution in [1.29, 1.82) is 0 Å². The van der Waals surface area contributed by atoms with Gasteiger partial charge in [0, 0.05) is 26.1 Å². The minimum absolute atomic E-state index is 0.0562. The third-order valence-corrected chi connectivity index (χ3v) is 5.35. The van der Waals surface area contributed by atoms with Gasteiger partial charge in [-0.05, 0) is 40.5 Å². The quantitative estimate of drug-likeness (QED) is 0.261. The Kier molecular flexibility index (Phi) is 10.4. The number of rotatable bonds is 13. The number of nitrogens with one attached hydrogen (secondary N) is 1. The molecule has 1 fully saturated rings. The topological polar surface area (TPSA) is 177 Å². The number of hydroxylamine groups is 2. The molecular weight excluding hydrogens is 452 g/mol. The number of carbonyl (C=O) groups excluding carboxylic acids is 2. The van der Waals surface area contributed by atoms with E-state index in [0.29, 0.717) is 12.8 Å². The molecule has 0 aromatic carbocycles. The average Bonchev–Trinajstić information content (AvgIpc) is 2.60. The van der Waals surface area contributed by atoms with Gasteiger partial charge in [0.05, 0.1) is 37.3 Å². The lowest BCUT2D eigenvalue weighted by atomic mass is 9.79. The van der Waals surface area contributed by atoms with E-state index in [1.165, 1.54) is 11.8 Å². The minimum atomic E-state index is -1.22. The van der Waals surface area contributed by atoms with Crippen molar-refractivity contribution in [1.82, 2.24) is 20.2 Å². The van der Waals surface area contributed by atoms with Crippen LogP contribution in [0.15, 0.2) is 0 Å². The van der Waals surface area contributed by atoms with Crippen molar-refractivity contribution in [2.45, 2.75) is 64.6 Å². The van der Waals surface area contributed by atoms with Crippen molar-refractivity contribution < 1.29 is 44.1 Å². The van der Waals surface area contributed by atoms with E-state index in [-0.39, 0.29) is 25.0 Å². The van der Waals surface area contributed by atoms with Crippen LogP contribution in [-0.4, -0.2) is 116 Å². The van der Waals surface area contributed by atoms with Crippen molar-refractivity contribution >= 4 is 29.8 Å². The van der Waals surface area contributed by atoms with E-state index in [2.05, 4.69) is 5.32 Å². The van der Waals surface area contributed by atoms with Crippen LogP contribution in [0.5, 0.6) is 0 Å². The molecule has 194 valence electrons. The normalized spacial score (nSPS) is 18.0. The van der Waals surface area contributed by atoms with Crippen molar-refractivity contribution in [3.8, 4) is 0 Å². The minimum Gasteiger partial charge on any atom is -0.480 e. The molecule has 0 radical (unpaired) electrons. The smallest absolute Gasteiger partial charge is 0.339 e. The molecule has 34 heavy (non-hydrogen) atoms. The van der Waals surface area contributed by atoms with Crippen LogP contribution in [0.1, 0.15) is 47.5 Å². The number of hydrogen-bond acceptors (Lipinski definition) is 9. The lowest BCUT2D eigenvalue weighted by molar-refractivity contribution is -0.268. The maximum atomic E-state index is 12.8. The molecule has 0 bridgehead atoms. The zero-order chi connectivity index (χ0) is 26.3. The van der Waals surface area contributed by atoms with Gasteiger partial charge in [0.25, 0.3) is 0 Å². The molecule has 0 unspecified atom stereocenters. The van der Waals surface area contributed by atoms with Gasteiger partial charge < -0.3 is 25.5 Å². The molecule has 0 aromatic heterocycles. The van der Waals surface area contributed by atoms with Crippen LogP contribution in [0.25, 0.3) is 0 Å². The molecule has 1 heterocycles. The first-order chi connectivity index (χ1) is 15.5. The predicted octanol–water partition coefficient (Wildman–Crippen LogP) is -0.540. The van der Waals surface area contributed by atoms with Crippen LogP contribution in [0.2, 0.25) is 0 Å². The van der Waals surface area contributed by atoms with E-state index in [1.54, 1.807) is 5.06 Å². The summed E-state index contributed by atoms with van der Waals surface area (Å²) in [7, 11) is 0. The lowest BCUT2D eigenvalue weighted by Gasteiger charge is -2.52. The lowest BCUT2D eigenvalue weighted by Crippen LogP contribution is -2.64. The third-order valence-electron chi connectivity index (χ3n) is 5.35. The number of piperidine rings is 1. The Bertz CT molecular complexity index is 750. The Morgan fingerprint density at radius 3 is 1.56 bits per heavy atom. The summed E-state index contributed by atoms with van der Waals surface area (Å²) in [6.07, 6.45) is 1.06. The SMILES string of the molecule is CC(=O)NC1CC(C)(C)N(OC(=O)CN(CCN(CC(=O)O)CC(=O)O)CC(=O)O)C(C)(C)C1. The summed E-state index contributed by atoms with van der Waals surface area (Å²) in [5.74, 6) is -4.50. The van der Waals surface area contributed by atoms with Crippen molar-refractivity contribution in [2.75, 3.05) is 39.3 Å². The Morgan fingerprint density at radius 2 is 1.21 bits per heavy atom. The second-order valence-electron chi connectivity index (χ2n) is 9.79. The van der Waals surface area contributed by atoms with Gasteiger partial charge in [-0.3, -0.25) is 29.0 Å². The second-order valence-corrected chi connectivity index (χ2v) is 9.79. The third kappa shape index (κ3) is 10.0. The molecule has 1 saturated heterocycles. The fourth-order valence-corrected chi connectivity index (χ4v) is 4.50. The summed E-state index contributed by atoms with van der Waals surface area (Å²) >= 11 is 0. The summed E-state index contributed by atoms with van der Waals surface area (Å²) in [4.78, 5) is 65.5. The standard InChI is InChI=1S/C21H36N4O9/c1-14(26)22-15-8-20(2,3)25(21(4,5)9-15)34-19(33)13-24(12-18(31)32)7-6-23(10-16(27)28)11-17(29)30/h15H,6-13H2,1-5H3,(H,22,26)(H,27,28)(H,29,30)(H,31,32). The van der Waals surface area contributed by atoms with Crippen LogP contribution in [0, 0.1) is 0 Å². The van der Waals surface area contributed by atoms with E-state index in [1.807, 2.05) is 27.7 Å². The van der Waals surface area contributed by atoms with Gasteiger partial charge in [0.2, 0.25) is 5.91 Å². The number of carboxylic acids is 3. The summed E-state index contributed by atoms with van der Waals surface area (Å²) in [6.45, 7) is 6.84. The van der Waals surface area contributed by atoms with Crippen LogP contribution < -0.4 is 5.32 Å². The number of aliphatic carboxylic acids is 3. The average molecular weight is 489 g/mol. The molecule has 1 aliphatic heterocycles. The van der Waals surface area contributed by atoms with Gasteiger partial charge in [0.15, 0.2) is 0 Å². The van der Waals surface area contributed by atoms with Gasteiger partial charge in [-0.25, -0.2) is 4.79 Å². The number of carbonyl (C=O) groups is 5.